The summed E-state index contributed by atoms with van der Waals surface area (Å²) >= 11 is 0. The fourth-order valence-corrected chi connectivity index (χ4v) is 5.45. The Hall–Kier alpha value is -5.38. The molecule has 2 heterocycles. The normalized spacial score (nSPS) is 10.6. The van der Waals surface area contributed by atoms with Crippen molar-refractivity contribution in [1.29, 1.82) is 0 Å². The summed E-state index contributed by atoms with van der Waals surface area (Å²) < 4.78 is 4.88. The molecule has 0 N–H and O–H groups in total. The highest BCUT2D eigenvalue weighted by Gasteiger charge is 2.26. The average Bonchev–Trinajstić information content (AvgIpc) is 2.94. The van der Waals surface area contributed by atoms with Gasteiger partial charge in [0.05, 0.1) is 31.7 Å². The van der Waals surface area contributed by atoms with Crippen molar-refractivity contribution < 1.29 is 19.3 Å². The van der Waals surface area contributed by atoms with E-state index in [2.05, 4.69) is 120 Å². The first-order chi connectivity index (χ1) is 19.3. The summed E-state index contributed by atoms with van der Waals surface area (Å²) in [6.45, 7) is 6.34. The van der Waals surface area contributed by atoms with E-state index in [9.17, 15) is 0 Å². The Labute approximate surface area is 228 Å². The molecule has 0 radical (unpaired) electrons. The Bertz CT molecular complexity index is 1610. The third-order valence-corrected chi connectivity index (χ3v) is 6.74. The lowest BCUT2D eigenvalue weighted by Gasteiger charge is -2.15. The first-order valence-electron chi connectivity index (χ1n) is 12.6. The Kier molecular flexibility index (Phi) is 8.29. The van der Waals surface area contributed by atoms with E-state index in [-0.39, 0.29) is 0 Å². The molecule has 40 heavy (non-hydrogen) atoms. The van der Waals surface area contributed by atoms with Crippen LogP contribution in [0.15, 0.2) is 97.1 Å². The van der Waals surface area contributed by atoms with Crippen LogP contribution in [-0.4, -0.2) is 10.2 Å². The number of para-hydroxylation sites is 4. The van der Waals surface area contributed by atoms with E-state index in [0.717, 1.165) is 13.1 Å². The summed E-state index contributed by atoms with van der Waals surface area (Å²) in [5.41, 5.74) is 7.79. The lowest BCUT2D eigenvalue weighted by Crippen LogP contribution is -2.35. The minimum Gasteiger partial charge on any atom is -0.356 e. The third kappa shape index (κ3) is 5.28. The summed E-state index contributed by atoms with van der Waals surface area (Å²) in [6.07, 6.45) is 0. The zero-order valence-corrected chi connectivity index (χ0v) is 21.9. The summed E-state index contributed by atoms with van der Waals surface area (Å²) in [6, 6.07) is 35.5. The standard InChI is InChI=1S/C30H26N2.2NO3/c1-3-31-25-17-9-5-13-21(25)29(22-14-6-10-18-26(22)31)30-23-15-7-11-19-27(23)32(4-2)28-20-12-8-16-24(28)30;2*2-1(3)4/h5-20H,3-4H2,1-2H3;;/q+2;2*-1. The second kappa shape index (κ2) is 12.0. The molecule has 0 aliphatic rings. The molecule has 0 aliphatic heterocycles. The first-order valence-corrected chi connectivity index (χ1v) is 12.6. The van der Waals surface area contributed by atoms with E-state index in [1.807, 2.05) is 0 Å². The van der Waals surface area contributed by atoms with Crippen LogP contribution in [0.5, 0.6) is 0 Å². The average molecular weight is 539 g/mol. The van der Waals surface area contributed by atoms with Gasteiger partial charge in [0.25, 0.3) is 0 Å². The molecule has 0 saturated heterocycles. The molecule has 6 rings (SSSR count). The smallest absolute Gasteiger partial charge is 0.213 e. The van der Waals surface area contributed by atoms with Crippen molar-refractivity contribution in [2.75, 3.05) is 0 Å². The molecule has 10 heteroatoms. The monoisotopic (exact) mass is 538 g/mol. The predicted octanol–water partition coefficient (Wildman–Crippen LogP) is 6.10. The SMILES string of the molecule is CC[n+]1c2ccccc2c(-c2c3ccccc3[n+](CC)c3ccccc23)c2ccccc21.O=[N+]([O-])[O-].O=[N+]([O-])[O-]. The van der Waals surface area contributed by atoms with Crippen molar-refractivity contribution >= 4 is 43.6 Å². The largest absolute Gasteiger partial charge is 0.356 e. The lowest BCUT2D eigenvalue weighted by molar-refractivity contribution is -0.641. The Morgan fingerprint density at radius 3 is 0.875 bits per heavy atom. The van der Waals surface area contributed by atoms with Crippen LogP contribution in [-0.2, 0) is 13.1 Å². The number of rotatable bonds is 3. The van der Waals surface area contributed by atoms with Gasteiger partial charge in [-0.05, 0) is 38.1 Å². The Balaban J connectivity index is 0.000000412. The van der Waals surface area contributed by atoms with Gasteiger partial charge in [-0.1, -0.05) is 48.5 Å². The first kappa shape index (κ1) is 27.6. The van der Waals surface area contributed by atoms with Crippen LogP contribution >= 0.6 is 0 Å². The van der Waals surface area contributed by atoms with E-state index < -0.39 is 10.2 Å². The fraction of sp³-hybridized carbons (Fsp3) is 0.133. The molecule has 0 amide bonds. The number of hydrogen-bond acceptors (Lipinski definition) is 6. The van der Waals surface area contributed by atoms with Gasteiger partial charge < -0.3 is 30.6 Å². The van der Waals surface area contributed by atoms with E-state index >= 15 is 0 Å². The number of hydrogen-bond donors (Lipinski definition) is 0. The second-order valence-electron chi connectivity index (χ2n) is 8.75. The van der Waals surface area contributed by atoms with Gasteiger partial charge in [0.1, 0.15) is 13.1 Å². The molecule has 6 aromatic rings. The molecule has 0 unspecified atom stereocenters. The van der Waals surface area contributed by atoms with E-state index in [1.165, 1.54) is 54.7 Å². The highest BCUT2D eigenvalue weighted by molar-refractivity contribution is 6.18. The molecule has 0 atom stereocenters. The van der Waals surface area contributed by atoms with Crippen molar-refractivity contribution in [2.24, 2.45) is 0 Å². The Morgan fingerprint density at radius 1 is 0.475 bits per heavy atom. The van der Waals surface area contributed by atoms with Gasteiger partial charge in [-0.15, -0.1) is 0 Å². The molecule has 0 spiro atoms. The zero-order chi connectivity index (χ0) is 28.8. The van der Waals surface area contributed by atoms with Gasteiger partial charge in [-0.3, -0.25) is 0 Å². The molecule has 2 aromatic heterocycles. The minimum atomic E-state index is -1.75. The fourth-order valence-electron chi connectivity index (χ4n) is 5.45. The maximum atomic E-state index is 8.25. The maximum absolute atomic E-state index is 8.25. The predicted molar refractivity (Wildman–Crippen MR) is 154 cm³/mol. The molecule has 0 fully saturated rings. The summed E-state index contributed by atoms with van der Waals surface area (Å²) in [5, 5.41) is 34.7. The maximum Gasteiger partial charge on any atom is 0.213 e. The topological polar surface area (TPSA) is 140 Å². The highest BCUT2D eigenvalue weighted by Crippen LogP contribution is 2.41. The van der Waals surface area contributed by atoms with Crippen LogP contribution in [0.4, 0.5) is 0 Å². The van der Waals surface area contributed by atoms with Crippen LogP contribution in [0.3, 0.4) is 0 Å². The summed E-state index contributed by atoms with van der Waals surface area (Å²) in [5.74, 6) is 0. The quantitative estimate of drug-likeness (QED) is 0.115. The van der Waals surface area contributed by atoms with Gasteiger partial charge in [-0.2, -0.15) is 9.13 Å². The van der Waals surface area contributed by atoms with Gasteiger partial charge in [0, 0.05) is 35.4 Å². The number of aromatic nitrogens is 2. The van der Waals surface area contributed by atoms with E-state index in [1.54, 1.807) is 0 Å². The van der Waals surface area contributed by atoms with Crippen molar-refractivity contribution in [3.63, 3.8) is 0 Å². The summed E-state index contributed by atoms with van der Waals surface area (Å²) in [7, 11) is 0. The van der Waals surface area contributed by atoms with Gasteiger partial charge in [0.15, 0.2) is 0 Å². The summed E-state index contributed by atoms with van der Waals surface area (Å²) in [4.78, 5) is 16.5. The zero-order valence-electron chi connectivity index (χ0n) is 21.9. The van der Waals surface area contributed by atoms with Crippen molar-refractivity contribution in [2.45, 2.75) is 26.9 Å². The molecule has 0 aliphatic carbocycles. The molecular weight excluding hydrogens is 512 g/mol. The highest BCUT2D eigenvalue weighted by atomic mass is 16.9. The van der Waals surface area contributed by atoms with Gasteiger partial charge in [0.2, 0.25) is 22.1 Å². The van der Waals surface area contributed by atoms with Crippen molar-refractivity contribution in [1.82, 2.24) is 0 Å². The minimum absolute atomic E-state index is 0.938. The van der Waals surface area contributed by atoms with Gasteiger partial charge >= 0.3 is 0 Å². The van der Waals surface area contributed by atoms with Gasteiger partial charge in [-0.25, -0.2) is 0 Å². The van der Waals surface area contributed by atoms with Crippen LogP contribution < -0.4 is 9.13 Å². The van der Waals surface area contributed by atoms with Crippen LogP contribution in [0, 0.1) is 30.6 Å². The molecule has 4 aromatic carbocycles. The second-order valence-corrected chi connectivity index (χ2v) is 8.75. The molecule has 0 bridgehead atoms. The molecule has 0 saturated carbocycles. The number of pyridine rings is 2. The molecular formula is C30H26N4O6. The number of aryl methyl sites for hydroxylation is 2. The van der Waals surface area contributed by atoms with Crippen LogP contribution in [0.2, 0.25) is 0 Å². The van der Waals surface area contributed by atoms with Crippen molar-refractivity contribution in [3.8, 4) is 11.1 Å². The van der Waals surface area contributed by atoms with Crippen molar-refractivity contribution in [3.05, 3.63) is 128 Å². The Morgan fingerprint density at radius 2 is 0.675 bits per heavy atom. The molecule has 202 valence electrons. The number of nitrogens with zero attached hydrogens (tertiary/aromatic N) is 4. The lowest BCUT2D eigenvalue weighted by atomic mass is 9.90. The molecule has 10 nitrogen and oxygen atoms in total. The van der Waals surface area contributed by atoms with E-state index in [4.69, 9.17) is 30.6 Å². The van der Waals surface area contributed by atoms with Crippen LogP contribution in [0.1, 0.15) is 13.8 Å². The van der Waals surface area contributed by atoms with E-state index in [0.29, 0.717) is 0 Å². The number of fused-ring (bicyclic) bond motifs is 4. The number of benzene rings is 4. The van der Waals surface area contributed by atoms with Crippen LogP contribution in [0.25, 0.3) is 54.7 Å². The third-order valence-electron chi connectivity index (χ3n) is 6.74.